The molecule has 0 aromatic carbocycles. The van der Waals surface area contributed by atoms with E-state index in [1.807, 2.05) is 0 Å². The van der Waals surface area contributed by atoms with E-state index in [0.29, 0.717) is 0 Å². The molecule has 1 fully saturated rings. The molecule has 0 spiro atoms. The fourth-order valence-electron chi connectivity index (χ4n) is 1.97. The van der Waals surface area contributed by atoms with Crippen LogP contribution in [0.15, 0.2) is 10.5 Å². The lowest BCUT2D eigenvalue weighted by Gasteiger charge is -2.42. The number of thiophene rings is 1. The van der Waals surface area contributed by atoms with Gasteiger partial charge in [0.25, 0.3) is 0 Å². The van der Waals surface area contributed by atoms with Crippen molar-refractivity contribution >= 4 is 38.9 Å². The summed E-state index contributed by atoms with van der Waals surface area (Å²) in [5, 5.41) is 3.43. The van der Waals surface area contributed by atoms with Gasteiger partial charge in [0.1, 0.15) is 4.34 Å². The van der Waals surface area contributed by atoms with Crippen molar-refractivity contribution in [1.82, 2.24) is 10.2 Å². The fraction of sp³-hybridized carbons (Fsp3) is 0.636. The lowest BCUT2D eigenvalue weighted by Crippen LogP contribution is -2.57. The Labute approximate surface area is 114 Å². The van der Waals surface area contributed by atoms with Gasteiger partial charge in [-0.2, -0.15) is 0 Å². The Morgan fingerprint density at radius 3 is 2.94 bits per heavy atom. The molecule has 2 nitrogen and oxygen atoms in total. The standard InChI is InChI=1S/C11H16BrClN2S/c1-11(2)7-14-3-4-15(11)6-8-5-9(12)10(13)16-8/h5,14H,3-4,6-7H2,1-2H3. The predicted octanol–water partition coefficient (Wildman–Crippen LogP) is 3.35. The van der Waals surface area contributed by atoms with Crippen LogP contribution in [0, 0.1) is 0 Å². The number of hydrogen-bond donors (Lipinski definition) is 1. The summed E-state index contributed by atoms with van der Waals surface area (Å²) in [7, 11) is 0. The van der Waals surface area contributed by atoms with E-state index in [4.69, 9.17) is 11.6 Å². The van der Waals surface area contributed by atoms with Gasteiger partial charge < -0.3 is 5.32 Å². The summed E-state index contributed by atoms with van der Waals surface area (Å²) in [6.45, 7) is 8.77. The van der Waals surface area contributed by atoms with Crippen LogP contribution in [0.4, 0.5) is 0 Å². The zero-order valence-corrected chi connectivity index (χ0v) is 12.7. The molecule has 0 aliphatic carbocycles. The Morgan fingerprint density at radius 1 is 1.62 bits per heavy atom. The second kappa shape index (κ2) is 4.94. The highest BCUT2D eigenvalue weighted by Crippen LogP contribution is 2.33. The van der Waals surface area contributed by atoms with Crippen molar-refractivity contribution in [3.8, 4) is 0 Å². The van der Waals surface area contributed by atoms with Gasteiger partial charge in [0, 0.05) is 41.1 Å². The van der Waals surface area contributed by atoms with Crippen LogP contribution in [-0.2, 0) is 6.54 Å². The van der Waals surface area contributed by atoms with Crippen molar-refractivity contribution < 1.29 is 0 Å². The Hall–Kier alpha value is 0.390. The summed E-state index contributed by atoms with van der Waals surface area (Å²) < 4.78 is 1.87. The predicted molar refractivity (Wildman–Crippen MR) is 74.4 cm³/mol. The second-order valence-electron chi connectivity index (χ2n) is 4.75. The number of nitrogens with zero attached hydrogens (tertiary/aromatic N) is 1. The monoisotopic (exact) mass is 322 g/mol. The van der Waals surface area contributed by atoms with E-state index in [1.54, 1.807) is 11.3 Å². The number of rotatable bonds is 2. The molecule has 0 bridgehead atoms. The third-order valence-corrected chi connectivity index (χ3v) is 5.47. The van der Waals surface area contributed by atoms with Crippen LogP contribution in [0.1, 0.15) is 18.7 Å². The van der Waals surface area contributed by atoms with E-state index < -0.39 is 0 Å². The first kappa shape index (κ1) is 12.8. The van der Waals surface area contributed by atoms with Crippen molar-refractivity contribution in [1.29, 1.82) is 0 Å². The molecule has 1 N–H and O–H groups in total. The smallest absolute Gasteiger partial charge is 0.107 e. The van der Waals surface area contributed by atoms with Gasteiger partial charge in [-0.05, 0) is 35.8 Å². The van der Waals surface area contributed by atoms with Crippen LogP contribution >= 0.6 is 38.9 Å². The van der Waals surface area contributed by atoms with Crippen LogP contribution in [-0.4, -0.2) is 30.1 Å². The average molecular weight is 324 g/mol. The third-order valence-electron chi connectivity index (χ3n) is 3.02. The molecule has 2 rings (SSSR count). The Morgan fingerprint density at radius 2 is 2.38 bits per heavy atom. The molecule has 0 saturated carbocycles. The zero-order valence-electron chi connectivity index (χ0n) is 9.52. The number of piperazine rings is 1. The van der Waals surface area contributed by atoms with E-state index in [0.717, 1.165) is 35.0 Å². The molecule has 5 heteroatoms. The minimum absolute atomic E-state index is 0.223. The van der Waals surface area contributed by atoms with E-state index in [2.05, 4.69) is 46.1 Å². The molecular formula is C11H16BrClN2S. The topological polar surface area (TPSA) is 15.3 Å². The maximum Gasteiger partial charge on any atom is 0.107 e. The highest BCUT2D eigenvalue weighted by Gasteiger charge is 2.29. The molecule has 2 heterocycles. The van der Waals surface area contributed by atoms with Gasteiger partial charge in [-0.15, -0.1) is 11.3 Å². The molecule has 90 valence electrons. The molecule has 16 heavy (non-hydrogen) atoms. The minimum atomic E-state index is 0.223. The van der Waals surface area contributed by atoms with Crippen molar-refractivity contribution in [3.05, 3.63) is 19.8 Å². The molecular weight excluding hydrogens is 308 g/mol. The zero-order chi connectivity index (χ0) is 11.8. The van der Waals surface area contributed by atoms with Gasteiger partial charge in [-0.3, -0.25) is 4.90 Å². The van der Waals surface area contributed by atoms with Gasteiger partial charge in [0.05, 0.1) is 0 Å². The van der Waals surface area contributed by atoms with Gasteiger partial charge in [-0.1, -0.05) is 11.6 Å². The number of hydrogen-bond acceptors (Lipinski definition) is 3. The normalized spacial score (nSPS) is 21.2. The first-order chi connectivity index (χ1) is 7.49. The van der Waals surface area contributed by atoms with E-state index >= 15 is 0 Å². The van der Waals surface area contributed by atoms with E-state index in [-0.39, 0.29) is 5.54 Å². The quantitative estimate of drug-likeness (QED) is 0.898. The van der Waals surface area contributed by atoms with Crippen molar-refractivity contribution in [2.45, 2.75) is 25.9 Å². The van der Waals surface area contributed by atoms with Gasteiger partial charge in [0.15, 0.2) is 0 Å². The van der Waals surface area contributed by atoms with Gasteiger partial charge in [-0.25, -0.2) is 0 Å². The van der Waals surface area contributed by atoms with Crippen molar-refractivity contribution in [2.75, 3.05) is 19.6 Å². The van der Waals surface area contributed by atoms with Crippen LogP contribution in [0.2, 0.25) is 4.34 Å². The Balaban J connectivity index is 2.08. The SMILES string of the molecule is CC1(C)CNCCN1Cc1cc(Br)c(Cl)s1. The number of nitrogens with one attached hydrogen (secondary N) is 1. The molecule has 1 aromatic heterocycles. The van der Waals surface area contributed by atoms with Crippen molar-refractivity contribution in [2.24, 2.45) is 0 Å². The summed E-state index contributed by atoms with van der Waals surface area (Å²) in [6.07, 6.45) is 0. The van der Waals surface area contributed by atoms with Gasteiger partial charge in [0.2, 0.25) is 0 Å². The maximum absolute atomic E-state index is 6.06. The van der Waals surface area contributed by atoms with E-state index in [9.17, 15) is 0 Å². The molecule has 0 atom stereocenters. The molecule has 0 radical (unpaired) electrons. The average Bonchev–Trinajstić information content (AvgIpc) is 2.50. The maximum atomic E-state index is 6.06. The fourth-order valence-corrected chi connectivity index (χ4v) is 3.78. The van der Waals surface area contributed by atoms with Crippen molar-refractivity contribution in [3.63, 3.8) is 0 Å². The Kier molecular flexibility index (Phi) is 3.97. The lowest BCUT2D eigenvalue weighted by atomic mass is 10.0. The highest BCUT2D eigenvalue weighted by molar-refractivity contribution is 9.10. The summed E-state index contributed by atoms with van der Waals surface area (Å²) >= 11 is 11.2. The number of halogens is 2. The van der Waals surface area contributed by atoms with E-state index in [1.165, 1.54) is 4.88 Å². The first-order valence-corrected chi connectivity index (χ1v) is 7.37. The summed E-state index contributed by atoms with van der Waals surface area (Å²) in [5.74, 6) is 0. The third kappa shape index (κ3) is 2.79. The first-order valence-electron chi connectivity index (χ1n) is 5.38. The largest absolute Gasteiger partial charge is 0.314 e. The minimum Gasteiger partial charge on any atom is -0.314 e. The van der Waals surface area contributed by atoms with Gasteiger partial charge >= 0.3 is 0 Å². The molecule has 0 unspecified atom stereocenters. The molecule has 1 aromatic rings. The Bertz CT molecular complexity index is 359. The molecule has 1 saturated heterocycles. The second-order valence-corrected chi connectivity index (χ2v) is 7.34. The summed E-state index contributed by atoms with van der Waals surface area (Å²) in [4.78, 5) is 3.84. The summed E-state index contributed by atoms with van der Waals surface area (Å²) in [5.41, 5.74) is 0.223. The summed E-state index contributed by atoms with van der Waals surface area (Å²) in [6, 6.07) is 2.13. The van der Waals surface area contributed by atoms with Crippen LogP contribution in [0.5, 0.6) is 0 Å². The lowest BCUT2D eigenvalue weighted by molar-refractivity contribution is 0.0838. The molecule has 1 aliphatic heterocycles. The van der Waals surface area contributed by atoms with Crippen LogP contribution < -0.4 is 5.32 Å². The molecule has 0 amide bonds. The van der Waals surface area contributed by atoms with Crippen LogP contribution in [0.25, 0.3) is 0 Å². The molecule has 1 aliphatic rings. The van der Waals surface area contributed by atoms with Crippen LogP contribution in [0.3, 0.4) is 0 Å². The highest BCUT2D eigenvalue weighted by atomic mass is 79.9.